The molecule has 108 valence electrons. The van der Waals surface area contributed by atoms with Crippen molar-refractivity contribution in [3.05, 3.63) is 0 Å². The van der Waals surface area contributed by atoms with Crippen LogP contribution in [0.25, 0.3) is 0 Å². The van der Waals surface area contributed by atoms with Gasteiger partial charge in [-0.15, -0.1) is 0 Å². The largest absolute Gasteiger partial charge is 0.343 e. The van der Waals surface area contributed by atoms with E-state index in [4.69, 9.17) is 0 Å². The lowest BCUT2D eigenvalue weighted by Crippen LogP contribution is -2.40. The minimum atomic E-state index is -0.726. The standard InChI is InChI=1S/C13H23N3O3/c1-4-9(5-2)8-16(6-3)11(17)7-10-12(18)15-13(19)14-10/h9-10H,4-8H2,1-3H3,(H2,14,15,18,19). The van der Waals surface area contributed by atoms with Crippen molar-refractivity contribution >= 4 is 17.8 Å². The minimum Gasteiger partial charge on any atom is -0.343 e. The number of nitrogens with one attached hydrogen (secondary N) is 2. The molecule has 1 rings (SSSR count). The van der Waals surface area contributed by atoms with Gasteiger partial charge in [0.2, 0.25) is 5.91 Å². The molecule has 0 radical (unpaired) electrons. The van der Waals surface area contributed by atoms with Gasteiger partial charge in [0.1, 0.15) is 6.04 Å². The van der Waals surface area contributed by atoms with Crippen LogP contribution in [0.1, 0.15) is 40.0 Å². The van der Waals surface area contributed by atoms with E-state index >= 15 is 0 Å². The van der Waals surface area contributed by atoms with E-state index in [1.54, 1.807) is 4.90 Å². The molecule has 0 bridgehead atoms. The van der Waals surface area contributed by atoms with Crippen molar-refractivity contribution in [2.75, 3.05) is 13.1 Å². The zero-order chi connectivity index (χ0) is 14.4. The Morgan fingerprint density at radius 1 is 1.26 bits per heavy atom. The molecule has 1 fully saturated rings. The van der Waals surface area contributed by atoms with E-state index in [-0.39, 0.29) is 12.3 Å². The average Bonchev–Trinajstić information content (AvgIpc) is 2.69. The van der Waals surface area contributed by atoms with E-state index in [0.717, 1.165) is 12.8 Å². The number of rotatable bonds is 7. The van der Waals surface area contributed by atoms with Crippen LogP contribution in [-0.2, 0) is 9.59 Å². The molecule has 0 saturated carbocycles. The van der Waals surface area contributed by atoms with Gasteiger partial charge in [0.05, 0.1) is 6.42 Å². The van der Waals surface area contributed by atoms with Crippen molar-refractivity contribution in [2.24, 2.45) is 5.92 Å². The van der Waals surface area contributed by atoms with Crippen molar-refractivity contribution in [3.8, 4) is 0 Å². The third kappa shape index (κ3) is 4.22. The van der Waals surface area contributed by atoms with Crippen LogP contribution in [0, 0.1) is 5.92 Å². The lowest BCUT2D eigenvalue weighted by Gasteiger charge is -2.26. The van der Waals surface area contributed by atoms with Crippen molar-refractivity contribution in [2.45, 2.75) is 46.1 Å². The molecular weight excluding hydrogens is 246 g/mol. The molecule has 1 heterocycles. The first-order valence-corrected chi connectivity index (χ1v) is 6.90. The highest BCUT2D eigenvalue weighted by molar-refractivity contribution is 6.05. The molecule has 4 amide bonds. The first kappa shape index (κ1) is 15.5. The molecule has 1 atom stereocenters. The molecule has 2 N–H and O–H groups in total. The Bertz CT molecular complexity index is 353. The van der Waals surface area contributed by atoms with Gasteiger partial charge in [-0.25, -0.2) is 4.79 Å². The number of nitrogens with zero attached hydrogens (tertiary/aromatic N) is 1. The smallest absolute Gasteiger partial charge is 0.322 e. The zero-order valence-corrected chi connectivity index (χ0v) is 11.9. The molecule has 0 aliphatic carbocycles. The Kier molecular flexibility index (Phi) is 5.79. The maximum absolute atomic E-state index is 12.1. The first-order chi connectivity index (χ1) is 9.01. The molecule has 6 heteroatoms. The Hall–Kier alpha value is -1.59. The summed E-state index contributed by atoms with van der Waals surface area (Å²) < 4.78 is 0. The monoisotopic (exact) mass is 269 g/mol. The topological polar surface area (TPSA) is 78.5 Å². The van der Waals surface area contributed by atoms with Gasteiger partial charge in [-0.3, -0.25) is 14.9 Å². The maximum atomic E-state index is 12.1. The number of hydrogen-bond acceptors (Lipinski definition) is 3. The minimum absolute atomic E-state index is 0.0333. The van der Waals surface area contributed by atoms with Gasteiger partial charge in [-0.2, -0.15) is 0 Å². The van der Waals surface area contributed by atoms with Gasteiger partial charge in [0.25, 0.3) is 5.91 Å². The molecule has 19 heavy (non-hydrogen) atoms. The van der Waals surface area contributed by atoms with E-state index in [1.165, 1.54) is 0 Å². The second-order valence-corrected chi connectivity index (χ2v) is 4.83. The number of carbonyl (C=O) groups excluding carboxylic acids is 3. The van der Waals surface area contributed by atoms with Gasteiger partial charge in [0, 0.05) is 13.1 Å². The summed E-state index contributed by atoms with van der Waals surface area (Å²) >= 11 is 0. The number of carbonyl (C=O) groups is 3. The second kappa shape index (κ2) is 7.11. The van der Waals surface area contributed by atoms with Crippen molar-refractivity contribution < 1.29 is 14.4 Å². The summed E-state index contributed by atoms with van der Waals surface area (Å²) in [5.41, 5.74) is 0. The Morgan fingerprint density at radius 3 is 2.32 bits per heavy atom. The normalized spacial score (nSPS) is 18.4. The van der Waals surface area contributed by atoms with Gasteiger partial charge in [-0.1, -0.05) is 26.7 Å². The molecule has 1 aliphatic rings. The highest BCUT2D eigenvalue weighted by Gasteiger charge is 2.32. The predicted octanol–water partition coefficient (Wildman–Crippen LogP) is 0.869. The van der Waals surface area contributed by atoms with E-state index in [0.29, 0.717) is 19.0 Å². The summed E-state index contributed by atoms with van der Waals surface area (Å²) in [6, 6.07) is -1.25. The van der Waals surface area contributed by atoms with E-state index < -0.39 is 18.0 Å². The molecular formula is C13H23N3O3. The highest BCUT2D eigenvalue weighted by atomic mass is 16.2. The Balaban J connectivity index is 2.54. The third-order valence-corrected chi connectivity index (χ3v) is 3.61. The molecule has 0 spiro atoms. The van der Waals surface area contributed by atoms with Crippen LogP contribution in [0.5, 0.6) is 0 Å². The lowest BCUT2D eigenvalue weighted by molar-refractivity contribution is -0.134. The van der Waals surface area contributed by atoms with Crippen LogP contribution >= 0.6 is 0 Å². The lowest BCUT2D eigenvalue weighted by atomic mass is 10.0. The SMILES string of the molecule is CCC(CC)CN(CC)C(=O)CC1NC(=O)NC1=O. The number of imide groups is 1. The van der Waals surface area contributed by atoms with E-state index in [2.05, 4.69) is 24.5 Å². The number of amides is 4. The maximum Gasteiger partial charge on any atom is 0.322 e. The van der Waals surface area contributed by atoms with Crippen molar-refractivity contribution in [1.82, 2.24) is 15.5 Å². The fourth-order valence-electron chi connectivity index (χ4n) is 2.17. The fraction of sp³-hybridized carbons (Fsp3) is 0.769. The molecule has 1 saturated heterocycles. The summed E-state index contributed by atoms with van der Waals surface area (Å²) in [6.07, 6.45) is 2.09. The van der Waals surface area contributed by atoms with Crippen LogP contribution in [0.3, 0.4) is 0 Å². The van der Waals surface area contributed by atoms with Crippen LogP contribution in [0.2, 0.25) is 0 Å². The molecule has 0 aromatic rings. The summed E-state index contributed by atoms with van der Waals surface area (Å²) in [5, 5.41) is 4.58. The van der Waals surface area contributed by atoms with Crippen molar-refractivity contribution in [3.63, 3.8) is 0 Å². The quantitative estimate of drug-likeness (QED) is 0.673. The van der Waals surface area contributed by atoms with Crippen molar-refractivity contribution in [1.29, 1.82) is 0 Å². The summed E-state index contributed by atoms with van der Waals surface area (Å²) in [5.74, 6) is -0.0235. The summed E-state index contributed by atoms with van der Waals surface area (Å²) in [7, 11) is 0. The molecule has 1 unspecified atom stereocenters. The van der Waals surface area contributed by atoms with Gasteiger partial charge < -0.3 is 10.2 Å². The molecule has 0 aromatic carbocycles. The number of hydrogen-bond donors (Lipinski definition) is 2. The Morgan fingerprint density at radius 2 is 1.89 bits per heavy atom. The molecule has 0 aromatic heterocycles. The average molecular weight is 269 g/mol. The Labute approximate surface area is 113 Å². The second-order valence-electron chi connectivity index (χ2n) is 4.83. The molecule has 6 nitrogen and oxygen atoms in total. The van der Waals surface area contributed by atoms with Gasteiger partial charge in [0.15, 0.2) is 0 Å². The third-order valence-electron chi connectivity index (χ3n) is 3.61. The van der Waals surface area contributed by atoms with Gasteiger partial charge >= 0.3 is 6.03 Å². The van der Waals surface area contributed by atoms with E-state index in [9.17, 15) is 14.4 Å². The fourth-order valence-corrected chi connectivity index (χ4v) is 2.17. The van der Waals surface area contributed by atoms with Gasteiger partial charge in [-0.05, 0) is 12.8 Å². The number of urea groups is 1. The van der Waals surface area contributed by atoms with Crippen LogP contribution in [0.4, 0.5) is 4.79 Å². The van der Waals surface area contributed by atoms with Crippen LogP contribution in [0.15, 0.2) is 0 Å². The van der Waals surface area contributed by atoms with Crippen LogP contribution < -0.4 is 10.6 Å². The van der Waals surface area contributed by atoms with E-state index in [1.807, 2.05) is 6.92 Å². The predicted molar refractivity (Wildman–Crippen MR) is 71.4 cm³/mol. The molecule has 1 aliphatic heterocycles. The summed E-state index contributed by atoms with van der Waals surface area (Å²) in [4.78, 5) is 36.3. The highest BCUT2D eigenvalue weighted by Crippen LogP contribution is 2.12. The summed E-state index contributed by atoms with van der Waals surface area (Å²) in [6.45, 7) is 7.48. The zero-order valence-electron chi connectivity index (χ0n) is 11.9. The first-order valence-electron chi connectivity index (χ1n) is 6.90. The van der Waals surface area contributed by atoms with Crippen LogP contribution in [-0.4, -0.2) is 41.9 Å².